The number of hydrogen-bond acceptors (Lipinski definition) is 7. The number of methoxy groups -OCH3 is 1. The van der Waals surface area contributed by atoms with Crippen LogP contribution in [0.4, 0.5) is 0 Å². The number of benzene rings is 2. The van der Waals surface area contributed by atoms with Crippen LogP contribution in [-0.2, 0) is 26.1 Å². The lowest BCUT2D eigenvalue weighted by Gasteiger charge is -2.35. The molecule has 3 heterocycles. The zero-order valence-electron chi connectivity index (χ0n) is 22.4. The normalized spacial score (nSPS) is 22.1. The van der Waals surface area contributed by atoms with Crippen LogP contribution in [0.15, 0.2) is 47.4 Å². The average molecular weight is 585 g/mol. The lowest BCUT2D eigenvalue weighted by molar-refractivity contribution is -0.136. The summed E-state index contributed by atoms with van der Waals surface area (Å²) in [5.74, 6) is 0.224. The molecule has 2 aliphatic rings. The van der Waals surface area contributed by atoms with E-state index in [9.17, 15) is 13.2 Å². The molecule has 0 spiro atoms. The minimum Gasteiger partial charge on any atom is -0.385 e. The lowest BCUT2D eigenvalue weighted by atomic mass is 9.94. The Balaban J connectivity index is 1.33. The van der Waals surface area contributed by atoms with Gasteiger partial charge in [-0.2, -0.15) is 9.57 Å². The molecule has 212 valence electrons. The van der Waals surface area contributed by atoms with Gasteiger partial charge < -0.3 is 19.9 Å². The Morgan fingerprint density at radius 1 is 1.23 bits per heavy atom. The van der Waals surface area contributed by atoms with Gasteiger partial charge in [0.15, 0.2) is 0 Å². The fraction of sp³-hybridized carbons (Fsp3) is 0.464. The Morgan fingerprint density at radius 3 is 2.77 bits per heavy atom. The second-order valence-electron chi connectivity index (χ2n) is 10.4. The van der Waals surface area contributed by atoms with Crippen LogP contribution in [-0.4, -0.2) is 79.0 Å². The van der Waals surface area contributed by atoms with Crippen molar-refractivity contribution in [3.8, 4) is 6.07 Å². The minimum absolute atomic E-state index is 0.0155. The van der Waals surface area contributed by atoms with Gasteiger partial charge >= 0.3 is 0 Å². The van der Waals surface area contributed by atoms with Crippen LogP contribution in [0.2, 0.25) is 5.02 Å². The highest BCUT2D eigenvalue weighted by molar-refractivity contribution is 7.89. The van der Waals surface area contributed by atoms with E-state index in [1.165, 1.54) is 22.5 Å². The van der Waals surface area contributed by atoms with Crippen molar-refractivity contribution in [3.05, 3.63) is 58.9 Å². The summed E-state index contributed by atoms with van der Waals surface area (Å²) in [6.45, 7) is 2.51. The predicted octanol–water partition coefficient (Wildman–Crippen LogP) is 2.95. The number of hydrogen-bond donors (Lipinski definition) is 1. The van der Waals surface area contributed by atoms with Crippen LogP contribution >= 0.6 is 11.6 Å². The Bertz CT molecular complexity index is 1550. The zero-order valence-corrected chi connectivity index (χ0v) is 23.9. The first-order valence-corrected chi connectivity index (χ1v) is 15.2. The summed E-state index contributed by atoms with van der Waals surface area (Å²) in [4.78, 5) is 20.4. The third-order valence-electron chi connectivity index (χ3n) is 7.84. The first-order valence-electron chi connectivity index (χ1n) is 13.4. The van der Waals surface area contributed by atoms with Gasteiger partial charge in [0.1, 0.15) is 10.7 Å². The number of aromatic nitrogens is 2. The largest absolute Gasteiger partial charge is 0.385 e. The van der Waals surface area contributed by atoms with E-state index in [-0.39, 0.29) is 40.4 Å². The highest BCUT2D eigenvalue weighted by Gasteiger charge is 2.44. The molecule has 1 aromatic heterocycles. The molecular formula is C28H33ClN6O4S. The monoisotopic (exact) mass is 584 g/mol. The number of nitrogens with zero attached hydrogens (tertiary/aromatic N) is 5. The van der Waals surface area contributed by atoms with Crippen molar-refractivity contribution in [2.45, 2.75) is 42.7 Å². The number of nitrogens with two attached hydrogens (primary N) is 1. The van der Waals surface area contributed by atoms with E-state index in [1.54, 1.807) is 7.11 Å². The molecule has 5 rings (SSSR count). The number of imidazole rings is 1. The molecule has 2 fully saturated rings. The minimum atomic E-state index is -3.99. The summed E-state index contributed by atoms with van der Waals surface area (Å²) in [6.07, 6.45) is 2.58. The number of rotatable bonds is 8. The number of fused-ring (bicyclic) bond motifs is 1. The van der Waals surface area contributed by atoms with E-state index in [2.05, 4.69) is 10.6 Å². The number of carbonyl (C=O) groups excluding carboxylic acids is 1. The molecule has 0 saturated carbocycles. The Hall–Kier alpha value is -3.01. The first kappa shape index (κ1) is 28.5. The molecule has 2 N–H and O–H groups in total. The van der Waals surface area contributed by atoms with Gasteiger partial charge in [0.2, 0.25) is 15.9 Å². The topological polar surface area (TPSA) is 135 Å². The summed E-state index contributed by atoms with van der Waals surface area (Å²) in [7, 11) is -2.30. The Labute approximate surface area is 239 Å². The third kappa shape index (κ3) is 5.47. The van der Waals surface area contributed by atoms with Crippen molar-refractivity contribution in [1.29, 1.82) is 5.26 Å². The lowest BCUT2D eigenvalue weighted by Crippen LogP contribution is -2.47. The number of para-hydroxylation sites is 2. The number of aryl methyl sites for hydroxylation is 1. The number of carbonyl (C=O) groups is 1. The molecule has 1 amide bonds. The van der Waals surface area contributed by atoms with Crippen LogP contribution in [0, 0.1) is 17.2 Å². The smallest absolute Gasteiger partial charge is 0.244 e. The van der Waals surface area contributed by atoms with Crippen molar-refractivity contribution in [2.75, 3.05) is 39.9 Å². The van der Waals surface area contributed by atoms with E-state index in [0.717, 1.165) is 42.7 Å². The molecule has 3 atom stereocenters. The second kappa shape index (κ2) is 11.8. The summed E-state index contributed by atoms with van der Waals surface area (Å²) in [5.41, 5.74) is 8.63. The van der Waals surface area contributed by atoms with Crippen LogP contribution in [0.3, 0.4) is 0 Å². The molecule has 2 aliphatic heterocycles. The van der Waals surface area contributed by atoms with Gasteiger partial charge in [-0.1, -0.05) is 23.7 Å². The molecule has 2 aromatic carbocycles. The van der Waals surface area contributed by atoms with Gasteiger partial charge in [-0.25, -0.2) is 13.4 Å². The van der Waals surface area contributed by atoms with E-state index in [1.807, 2.05) is 29.2 Å². The van der Waals surface area contributed by atoms with E-state index in [0.29, 0.717) is 19.7 Å². The molecule has 0 radical (unpaired) electrons. The van der Waals surface area contributed by atoms with Crippen LogP contribution in [0.1, 0.15) is 36.6 Å². The highest BCUT2D eigenvalue weighted by Crippen LogP contribution is 2.33. The number of halogens is 1. The quantitative estimate of drug-likeness (QED) is 0.402. The SMILES string of the molecule is COCCCn1c(C2CCCN(C(=O)[C@@H]3CN(S(=O)(=O)c4ccc(C#N)cc4Cl)C[C@H]3N)C2)nc2ccccc21. The van der Waals surface area contributed by atoms with Crippen LogP contribution < -0.4 is 5.73 Å². The van der Waals surface area contributed by atoms with Gasteiger partial charge in [0, 0.05) is 58.4 Å². The molecule has 1 unspecified atom stereocenters. The molecule has 2 saturated heterocycles. The first-order chi connectivity index (χ1) is 19.2. The zero-order chi connectivity index (χ0) is 28.4. The third-order valence-corrected chi connectivity index (χ3v) is 10.2. The van der Waals surface area contributed by atoms with E-state index >= 15 is 0 Å². The summed E-state index contributed by atoms with van der Waals surface area (Å²) < 4.78 is 35.5. The molecule has 0 aliphatic carbocycles. The van der Waals surface area contributed by atoms with Crippen molar-refractivity contribution < 1.29 is 17.9 Å². The molecule has 12 heteroatoms. The number of likely N-dealkylation sites (tertiary alicyclic amines) is 1. The van der Waals surface area contributed by atoms with Gasteiger partial charge in [-0.05, 0) is 49.6 Å². The summed E-state index contributed by atoms with van der Waals surface area (Å²) >= 11 is 6.21. The van der Waals surface area contributed by atoms with Crippen molar-refractivity contribution in [3.63, 3.8) is 0 Å². The highest BCUT2D eigenvalue weighted by atomic mass is 35.5. The standard InChI is InChI=1S/C28H33ClN6O4S/c1-39-13-5-12-35-25-8-3-2-7-24(25)32-27(35)20-6-4-11-33(16-20)28(36)21-17-34(18-23(21)31)40(37,38)26-10-9-19(15-30)14-22(26)29/h2-3,7-10,14,20-21,23H,4-6,11-13,16-18,31H2,1H3/t20?,21-,23-/m1/s1. The van der Waals surface area contributed by atoms with E-state index in [4.69, 9.17) is 32.3 Å². The Morgan fingerprint density at radius 2 is 2.02 bits per heavy atom. The van der Waals surface area contributed by atoms with Crippen molar-refractivity contribution >= 4 is 38.6 Å². The van der Waals surface area contributed by atoms with Gasteiger partial charge in [0.05, 0.1) is 33.6 Å². The number of sulfonamides is 1. The van der Waals surface area contributed by atoms with Gasteiger partial charge in [-0.15, -0.1) is 0 Å². The summed E-state index contributed by atoms with van der Waals surface area (Å²) in [6, 6.07) is 13.4. The number of amides is 1. The average Bonchev–Trinajstić information content (AvgIpc) is 3.54. The van der Waals surface area contributed by atoms with Gasteiger partial charge in [0.25, 0.3) is 0 Å². The number of piperidine rings is 1. The predicted molar refractivity (Wildman–Crippen MR) is 151 cm³/mol. The molecule has 0 bridgehead atoms. The maximum absolute atomic E-state index is 13.7. The summed E-state index contributed by atoms with van der Waals surface area (Å²) in [5, 5.41) is 9.04. The fourth-order valence-corrected chi connectivity index (χ4v) is 7.82. The fourth-order valence-electron chi connectivity index (χ4n) is 5.80. The molecular weight excluding hydrogens is 552 g/mol. The molecule has 40 heavy (non-hydrogen) atoms. The van der Waals surface area contributed by atoms with Crippen molar-refractivity contribution in [1.82, 2.24) is 18.8 Å². The molecule has 3 aromatic rings. The van der Waals surface area contributed by atoms with Crippen LogP contribution in [0.25, 0.3) is 11.0 Å². The Kier molecular flexibility index (Phi) is 8.44. The number of nitriles is 1. The maximum Gasteiger partial charge on any atom is 0.244 e. The van der Waals surface area contributed by atoms with Crippen LogP contribution in [0.5, 0.6) is 0 Å². The number of ether oxygens (including phenoxy) is 1. The molecule has 10 nitrogen and oxygen atoms in total. The van der Waals surface area contributed by atoms with Crippen molar-refractivity contribution in [2.24, 2.45) is 11.7 Å². The maximum atomic E-state index is 13.7. The second-order valence-corrected chi connectivity index (χ2v) is 12.7. The van der Waals surface area contributed by atoms with Gasteiger partial charge in [-0.3, -0.25) is 4.79 Å². The van der Waals surface area contributed by atoms with E-state index < -0.39 is 22.0 Å².